The molecule has 0 radical (unpaired) electrons. The molecular weight excluding hydrogens is 188 g/mol. The summed E-state index contributed by atoms with van der Waals surface area (Å²) < 4.78 is 0. The van der Waals surface area contributed by atoms with E-state index >= 15 is 0 Å². The summed E-state index contributed by atoms with van der Waals surface area (Å²) in [5, 5.41) is 12.6. The summed E-state index contributed by atoms with van der Waals surface area (Å²) in [6, 6.07) is 4.39. The first kappa shape index (κ1) is 10.6. The van der Waals surface area contributed by atoms with Gasteiger partial charge in [0.1, 0.15) is 0 Å². The summed E-state index contributed by atoms with van der Waals surface area (Å²) in [7, 11) is 0. The van der Waals surface area contributed by atoms with Gasteiger partial charge in [-0.3, -0.25) is 4.98 Å². The van der Waals surface area contributed by atoms with Crippen LogP contribution in [0.3, 0.4) is 0 Å². The zero-order valence-corrected chi connectivity index (χ0v) is 9.06. The Labute approximate surface area is 90.5 Å². The third kappa shape index (κ3) is 2.76. The molecule has 0 saturated heterocycles. The van der Waals surface area contributed by atoms with Crippen molar-refractivity contribution in [2.24, 2.45) is 5.92 Å². The molecule has 1 aliphatic rings. The van der Waals surface area contributed by atoms with Gasteiger partial charge in [0.15, 0.2) is 0 Å². The molecule has 0 bridgehead atoms. The molecule has 1 unspecified atom stereocenters. The zero-order valence-electron chi connectivity index (χ0n) is 9.06. The van der Waals surface area contributed by atoms with Crippen molar-refractivity contribution in [1.29, 1.82) is 0 Å². The van der Waals surface area contributed by atoms with Crippen molar-refractivity contribution >= 4 is 0 Å². The number of pyridine rings is 1. The number of nitrogens with one attached hydrogen (secondary N) is 1. The largest absolute Gasteiger partial charge is 0.393 e. The van der Waals surface area contributed by atoms with Crippen molar-refractivity contribution in [2.45, 2.75) is 31.9 Å². The summed E-state index contributed by atoms with van der Waals surface area (Å²) in [6.07, 6.45) is 5.54. The molecule has 3 nitrogen and oxygen atoms in total. The molecule has 1 aromatic heterocycles. The molecule has 15 heavy (non-hydrogen) atoms. The van der Waals surface area contributed by atoms with Gasteiger partial charge in [-0.25, -0.2) is 0 Å². The highest BCUT2D eigenvalue weighted by Gasteiger charge is 2.26. The lowest BCUT2D eigenvalue weighted by Gasteiger charge is -2.32. The fourth-order valence-electron chi connectivity index (χ4n) is 1.96. The predicted octanol–water partition coefficient (Wildman–Crippen LogP) is 1.50. The van der Waals surface area contributed by atoms with E-state index in [1.54, 1.807) is 6.20 Å². The Morgan fingerprint density at radius 2 is 2.40 bits per heavy atom. The number of aromatic nitrogens is 1. The summed E-state index contributed by atoms with van der Waals surface area (Å²) in [5.41, 5.74) is 1.22. The molecule has 1 aromatic rings. The van der Waals surface area contributed by atoms with E-state index in [0.717, 1.165) is 19.4 Å². The Morgan fingerprint density at radius 1 is 1.60 bits per heavy atom. The molecule has 0 aliphatic heterocycles. The van der Waals surface area contributed by atoms with E-state index in [2.05, 4.69) is 23.3 Å². The molecule has 1 atom stereocenters. The van der Waals surface area contributed by atoms with Crippen molar-refractivity contribution in [3.63, 3.8) is 0 Å². The van der Waals surface area contributed by atoms with Crippen LogP contribution in [0.1, 0.15) is 31.4 Å². The van der Waals surface area contributed by atoms with Gasteiger partial charge in [-0.1, -0.05) is 6.07 Å². The van der Waals surface area contributed by atoms with Crippen molar-refractivity contribution in [3.05, 3.63) is 30.1 Å². The van der Waals surface area contributed by atoms with Crippen LogP contribution in [0.15, 0.2) is 24.5 Å². The van der Waals surface area contributed by atoms with Crippen molar-refractivity contribution < 1.29 is 5.11 Å². The van der Waals surface area contributed by atoms with Gasteiger partial charge in [-0.15, -0.1) is 0 Å². The molecule has 0 aromatic carbocycles. The lowest BCUT2D eigenvalue weighted by Crippen LogP contribution is -2.36. The molecule has 0 amide bonds. The van der Waals surface area contributed by atoms with Gasteiger partial charge in [-0.2, -0.15) is 0 Å². The molecule has 2 rings (SSSR count). The Morgan fingerprint density at radius 3 is 3.00 bits per heavy atom. The van der Waals surface area contributed by atoms with Crippen molar-refractivity contribution in [1.82, 2.24) is 10.3 Å². The van der Waals surface area contributed by atoms with E-state index in [4.69, 9.17) is 5.11 Å². The Hall–Kier alpha value is -0.930. The van der Waals surface area contributed by atoms with Crippen LogP contribution in [-0.4, -0.2) is 22.7 Å². The molecule has 1 aliphatic carbocycles. The standard InChI is InChI=1S/C12H18N2O/c1-9(11-3-2-4-13-8-11)14-7-10-5-12(15)6-10/h2-4,8-10,12,14-15H,5-7H2,1H3. The first-order chi connectivity index (χ1) is 7.25. The normalized spacial score (nSPS) is 27.1. The SMILES string of the molecule is CC(NCC1CC(O)C1)c1cccnc1. The number of aliphatic hydroxyl groups is 1. The molecule has 1 heterocycles. The lowest BCUT2D eigenvalue weighted by atomic mass is 9.82. The van der Waals surface area contributed by atoms with Crippen LogP contribution >= 0.6 is 0 Å². The number of hydrogen-bond acceptors (Lipinski definition) is 3. The molecule has 2 N–H and O–H groups in total. The monoisotopic (exact) mass is 206 g/mol. The van der Waals surface area contributed by atoms with Gasteiger partial charge in [0.05, 0.1) is 6.10 Å². The lowest BCUT2D eigenvalue weighted by molar-refractivity contribution is 0.0420. The number of aliphatic hydroxyl groups excluding tert-OH is 1. The van der Waals surface area contributed by atoms with E-state index in [1.807, 2.05) is 12.3 Å². The van der Waals surface area contributed by atoms with E-state index in [1.165, 1.54) is 5.56 Å². The molecule has 3 heteroatoms. The minimum absolute atomic E-state index is 0.0505. The second kappa shape index (κ2) is 4.73. The van der Waals surface area contributed by atoms with Gasteiger partial charge in [0.25, 0.3) is 0 Å². The number of hydrogen-bond donors (Lipinski definition) is 2. The van der Waals surface area contributed by atoms with E-state index in [-0.39, 0.29) is 6.10 Å². The first-order valence-corrected chi connectivity index (χ1v) is 5.57. The quantitative estimate of drug-likeness (QED) is 0.784. The Balaban J connectivity index is 1.75. The Bertz CT molecular complexity index is 296. The zero-order chi connectivity index (χ0) is 10.7. The maximum Gasteiger partial charge on any atom is 0.0546 e. The third-order valence-electron chi connectivity index (χ3n) is 3.11. The van der Waals surface area contributed by atoms with Crippen LogP contribution in [0.2, 0.25) is 0 Å². The minimum atomic E-state index is -0.0505. The van der Waals surface area contributed by atoms with Crippen molar-refractivity contribution in [2.75, 3.05) is 6.54 Å². The fourth-order valence-corrected chi connectivity index (χ4v) is 1.96. The van der Waals surface area contributed by atoms with Gasteiger partial charge in [-0.05, 0) is 43.9 Å². The topological polar surface area (TPSA) is 45.1 Å². The highest BCUT2D eigenvalue weighted by molar-refractivity contribution is 5.12. The maximum atomic E-state index is 9.16. The van der Waals surface area contributed by atoms with Gasteiger partial charge in [0.2, 0.25) is 0 Å². The van der Waals surface area contributed by atoms with Crippen LogP contribution < -0.4 is 5.32 Å². The number of nitrogens with zero attached hydrogens (tertiary/aromatic N) is 1. The van der Waals surface area contributed by atoms with Crippen LogP contribution in [0, 0.1) is 5.92 Å². The van der Waals surface area contributed by atoms with E-state index < -0.39 is 0 Å². The second-order valence-corrected chi connectivity index (χ2v) is 4.41. The fraction of sp³-hybridized carbons (Fsp3) is 0.583. The third-order valence-corrected chi connectivity index (χ3v) is 3.11. The van der Waals surface area contributed by atoms with Crippen molar-refractivity contribution in [3.8, 4) is 0 Å². The van der Waals surface area contributed by atoms with E-state index in [0.29, 0.717) is 12.0 Å². The van der Waals surface area contributed by atoms with Crippen LogP contribution in [0.5, 0.6) is 0 Å². The highest BCUT2D eigenvalue weighted by atomic mass is 16.3. The first-order valence-electron chi connectivity index (χ1n) is 5.57. The molecule has 1 saturated carbocycles. The summed E-state index contributed by atoms with van der Waals surface area (Å²) >= 11 is 0. The van der Waals surface area contributed by atoms with E-state index in [9.17, 15) is 0 Å². The van der Waals surface area contributed by atoms with Crippen LogP contribution in [-0.2, 0) is 0 Å². The average molecular weight is 206 g/mol. The van der Waals surface area contributed by atoms with Crippen LogP contribution in [0.4, 0.5) is 0 Å². The van der Waals surface area contributed by atoms with Crippen LogP contribution in [0.25, 0.3) is 0 Å². The average Bonchev–Trinajstić information content (AvgIpc) is 2.23. The van der Waals surface area contributed by atoms with Gasteiger partial charge >= 0.3 is 0 Å². The smallest absolute Gasteiger partial charge is 0.0546 e. The predicted molar refractivity (Wildman–Crippen MR) is 59.4 cm³/mol. The highest BCUT2D eigenvalue weighted by Crippen LogP contribution is 2.26. The molecule has 0 spiro atoms. The Kier molecular flexibility index (Phi) is 3.34. The maximum absolute atomic E-state index is 9.16. The molecule has 1 fully saturated rings. The summed E-state index contributed by atoms with van der Waals surface area (Å²) in [6.45, 7) is 3.14. The van der Waals surface area contributed by atoms with Gasteiger partial charge < -0.3 is 10.4 Å². The summed E-state index contributed by atoms with van der Waals surface area (Å²) in [4.78, 5) is 4.10. The van der Waals surface area contributed by atoms with Gasteiger partial charge in [0, 0.05) is 18.4 Å². The summed E-state index contributed by atoms with van der Waals surface area (Å²) in [5.74, 6) is 0.652. The minimum Gasteiger partial charge on any atom is -0.393 e. The second-order valence-electron chi connectivity index (χ2n) is 4.41. The molecular formula is C12H18N2O. The molecule has 82 valence electrons. The number of rotatable bonds is 4.